The van der Waals surface area contributed by atoms with Crippen molar-refractivity contribution in [3.63, 3.8) is 0 Å². The Labute approximate surface area is 127 Å². The molecule has 1 aromatic heterocycles. The number of imidazole rings is 1. The van der Waals surface area contributed by atoms with Crippen molar-refractivity contribution >= 4 is 16.7 Å². The van der Waals surface area contributed by atoms with E-state index in [0.29, 0.717) is 17.5 Å². The maximum Gasteiger partial charge on any atom is 0.320 e. The third-order valence-corrected chi connectivity index (χ3v) is 3.12. The van der Waals surface area contributed by atoms with Gasteiger partial charge in [0.05, 0.1) is 16.6 Å². The molecule has 7 heteroatoms. The molecule has 1 aromatic carbocycles. The van der Waals surface area contributed by atoms with Crippen molar-refractivity contribution in [1.29, 1.82) is 0 Å². The SMILES string of the molecule is C/C(=N\OCCC(C)(C)O)c1nc2ccccc2n1C(F)F. The van der Waals surface area contributed by atoms with Gasteiger partial charge in [0.2, 0.25) is 0 Å². The molecule has 22 heavy (non-hydrogen) atoms. The summed E-state index contributed by atoms with van der Waals surface area (Å²) >= 11 is 0. The highest BCUT2D eigenvalue weighted by molar-refractivity contribution is 5.98. The summed E-state index contributed by atoms with van der Waals surface area (Å²) in [7, 11) is 0. The quantitative estimate of drug-likeness (QED) is 0.506. The number of hydrogen-bond acceptors (Lipinski definition) is 4. The predicted octanol–water partition coefficient (Wildman–Crippen LogP) is 3.33. The molecule has 120 valence electrons. The lowest BCUT2D eigenvalue weighted by Crippen LogP contribution is -2.20. The van der Waals surface area contributed by atoms with Crippen molar-refractivity contribution in [2.24, 2.45) is 5.16 Å². The molecule has 0 bridgehead atoms. The van der Waals surface area contributed by atoms with E-state index >= 15 is 0 Å². The minimum atomic E-state index is -2.72. The van der Waals surface area contributed by atoms with Gasteiger partial charge in [-0.3, -0.25) is 4.57 Å². The summed E-state index contributed by atoms with van der Waals surface area (Å²) < 4.78 is 27.4. The average Bonchev–Trinajstić information content (AvgIpc) is 2.81. The zero-order chi connectivity index (χ0) is 16.3. The number of oxime groups is 1. The summed E-state index contributed by atoms with van der Waals surface area (Å²) in [6.45, 7) is 2.34. The Hall–Kier alpha value is -2.02. The van der Waals surface area contributed by atoms with Crippen molar-refractivity contribution in [2.75, 3.05) is 6.61 Å². The summed E-state index contributed by atoms with van der Waals surface area (Å²) in [6, 6.07) is 6.67. The molecule has 0 aliphatic carbocycles. The Bertz CT molecular complexity index is 675. The number of benzene rings is 1. The van der Waals surface area contributed by atoms with E-state index < -0.39 is 12.2 Å². The van der Waals surface area contributed by atoms with Gasteiger partial charge in [-0.05, 0) is 32.9 Å². The van der Waals surface area contributed by atoms with Gasteiger partial charge in [0.15, 0.2) is 5.82 Å². The van der Waals surface area contributed by atoms with Gasteiger partial charge in [0, 0.05) is 6.42 Å². The number of halogens is 2. The third-order valence-electron chi connectivity index (χ3n) is 3.12. The molecule has 1 N–H and O–H groups in total. The van der Waals surface area contributed by atoms with Crippen LogP contribution < -0.4 is 0 Å². The lowest BCUT2D eigenvalue weighted by Gasteiger charge is -2.15. The number of fused-ring (bicyclic) bond motifs is 1. The van der Waals surface area contributed by atoms with E-state index in [1.807, 2.05) is 0 Å². The number of aromatic nitrogens is 2. The van der Waals surface area contributed by atoms with Crippen LogP contribution in [0, 0.1) is 0 Å². The molecule has 0 fully saturated rings. The Balaban J connectivity index is 2.24. The van der Waals surface area contributed by atoms with E-state index in [1.54, 1.807) is 45.0 Å². The van der Waals surface area contributed by atoms with Crippen molar-refractivity contribution < 1.29 is 18.7 Å². The van der Waals surface area contributed by atoms with Crippen LogP contribution in [0.1, 0.15) is 39.6 Å². The molecule has 2 rings (SSSR count). The first-order chi connectivity index (χ1) is 10.3. The summed E-state index contributed by atoms with van der Waals surface area (Å²) in [6.07, 6.45) is 0.384. The monoisotopic (exact) mass is 311 g/mol. The first-order valence-electron chi connectivity index (χ1n) is 6.94. The highest BCUT2D eigenvalue weighted by Crippen LogP contribution is 2.23. The van der Waals surface area contributed by atoms with Crippen LogP contribution in [0.2, 0.25) is 0 Å². The lowest BCUT2D eigenvalue weighted by atomic mass is 10.1. The van der Waals surface area contributed by atoms with Gasteiger partial charge in [-0.2, -0.15) is 8.78 Å². The molecule has 1 heterocycles. The van der Waals surface area contributed by atoms with Crippen LogP contribution in [-0.2, 0) is 4.84 Å². The van der Waals surface area contributed by atoms with Crippen LogP contribution in [-0.4, -0.2) is 32.6 Å². The fraction of sp³-hybridized carbons (Fsp3) is 0.467. The average molecular weight is 311 g/mol. The maximum atomic E-state index is 13.3. The summed E-state index contributed by atoms with van der Waals surface area (Å²) in [4.78, 5) is 9.27. The molecular weight excluding hydrogens is 292 g/mol. The smallest absolute Gasteiger partial charge is 0.320 e. The Morgan fingerprint density at radius 2 is 2.09 bits per heavy atom. The predicted molar refractivity (Wildman–Crippen MR) is 80.1 cm³/mol. The molecule has 0 atom stereocenters. The second-order valence-electron chi connectivity index (χ2n) is 5.64. The molecular formula is C15H19F2N3O2. The van der Waals surface area contributed by atoms with Crippen molar-refractivity contribution in [1.82, 2.24) is 9.55 Å². The van der Waals surface area contributed by atoms with Crippen LogP contribution in [0.5, 0.6) is 0 Å². The topological polar surface area (TPSA) is 59.6 Å². The van der Waals surface area contributed by atoms with E-state index in [-0.39, 0.29) is 18.1 Å². The number of alkyl halides is 2. The van der Waals surface area contributed by atoms with Crippen LogP contribution in [0.4, 0.5) is 8.78 Å². The molecule has 0 saturated heterocycles. The minimum absolute atomic E-state index is 0.0689. The zero-order valence-corrected chi connectivity index (χ0v) is 12.8. The van der Waals surface area contributed by atoms with E-state index in [1.165, 1.54) is 0 Å². The van der Waals surface area contributed by atoms with Gasteiger partial charge in [-0.25, -0.2) is 4.98 Å². The molecule has 2 aromatic rings. The van der Waals surface area contributed by atoms with E-state index in [9.17, 15) is 13.9 Å². The minimum Gasteiger partial charge on any atom is -0.395 e. The molecule has 0 aliphatic heterocycles. The van der Waals surface area contributed by atoms with Crippen molar-refractivity contribution in [2.45, 2.75) is 39.3 Å². The van der Waals surface area contributed by atoms with Crippen LogP contribution in [0.25, 0.3) is 11.0 Å². The molecule has 0 aliphatic rings. The Morgan fingerprint density at radius 1 is 1.41 bits per heavy atom. The fourth-order valence-electron chi connectivity index (χ4n) is 1.98. The second-order valence-corrected chi connectivity index (χ2v) is 5.64. The summed E-state index contributed by atoms with van der Waals surface area (Å²) in [5.41, 5.74) is 0.217. The highest BCUT2D eigenvalue weighted by Gasteiger charge is 2.19. The fourth-order valence-corrected chi connectivity index (χ4v) is 1.98. The van der Waals surface area contributed by atoms with Gasteiger partial charge in [0.1, 0.15) is 12.3 Å². The standard InChI is InChI=1S/C15H19F2N3O2/c1-10(19-22-9-8-15(2,3)21)13-18-11-6-4-5-7-12(11)20(13)14(16)17/h4-7,14,21H,8-9H2,1-3H3/b19-10+. The van der Waals surface area contributed by atoms with E-state index in [0.717, 1.165) is 4.57 Å². The number of nitrogens with zero attached hydrogens (tertiary/aromatic N) is 3. The van der Waals surface area contributed by atoms with Gasteiger partial charge < -0.3 is 9.94 Å². The number of para-hydroxylation sites is 2. The van der Waals surface area contributed by atoms with Gasteiger partial charge >= 0.3 is 6.55 Å². The summed E-state index contributed by atoms with van der Waals surface area (Å²) in [5, 5.41) is 13.4. The molecule has 0 radical (unpaired) electrons. The molecule has 0 amide bonds. The molecule has 0 spiro atoms. The first kappa shape index (κ1) is 16.4. The Morgan fingerprint density at radius 3 is 2.73 bits per heavy atom. The normalized spacial score (nSPS) is 13.1. The Kier molecular flexibility index (Phi) is 4.75. The van der Waals surface area contributed by atoms with Crippen LogP contribution in [0.3, 0.4) is 0 Å². The lowest BCUT2D eigenvalue weighted by molar-refractivity contribution is 0.0298. The van der Waals surface area contributed by atoms with Crippen LogP contribution in [0.15, 0.2) is 29.4 Å². The number of hydrogen-bond donors (Lipinski definition) is 1. The third kappa shape index (κ3) is 3.79. The first-order valence-corrected chi connectivity index (χ1v) is 6.94. The van der Waals surface area contributed by atoms with Gasteiger partial charge in [-0.1, -0.05) is 17.3 Å². The van der Waals surface area contributed by atoms with E-state index in [2.05, 4.69) is 10.1 Å². The number of aliphatic hydroxyl groups is 1. The second kappa shape index (κ2) is 6.39. The molecule has 0 saturated carbocycles. The summed E-state index contributed by atoms with van der Waals surface area (Å²) in [5.74, 6) is 0.0689. The van der Waals surface area contributed by atoms with Crippen LogP contribution >= 0.6 is 0 Å². The van der Waals surface area contributed by atoms with Crippen molar-refractivity contribution in [3.8, 4) is 0 Å². The van der Waals surface area contributed by atoms with Gasteiger partial charge in [-0.15, -0.1) is 0 Å². The molecule has 5 nitrogen and oxygen atoms in total. The van der Waals surface area contributed by atoms with E-state index in [4.69, 9.17) is 4.84 Å². The van der Waals surface area contributed by atoms with Crippen molar-refractivity contribution in [3.05, 3.63) is 30.1 Å². The van der Waals surface area contributed by atoms with Gasteiger partial charge in [0.25, 0.3) is 0 Å². The number of rotatable bonds is 6. The largest absolute Gasteiger partial charge is 0.395 e. The molecule has 0 unspecified atom stereocenters. The maximum absolute atomic E-state index is 13.3. The zero-order valence-electron chi connectivity index (χ0n) is 12.8. The highest BCUT2D eigenvalue weighted by atomic mass is 19.3.